The first-order valence-electron chi connectivity index (χ1n) is 9.25. The second-order valence-corrected chi connectivity index (χ2v) is 8.18. The Morgan fingerprint density at radius 2 is 2.03 bits per heavy atom. The van der Waals surface area contributed by atoms with Gasteiger partial charge in [-0.3, -0.25) is 0 Å². The van der Waals surface area contributed by atoms with Crippen LogP contribution in [0, 0.1) is 23.5 Å². The Bertz CT molecular complexity index is 1110. The lowest BCUT2D eigenvalue weighted by Crippen LogP contribution is -2.23. The number of nitrogens with two attached hydrogens (primary N) is 3. The van der Waals surface area contributed by atoms with Gasteiger partial charge in [-0.2, -0.15) is 0 Å². The average molecular weight is 499 g/mol. The summed E-state index contributed by atoms with van der Waals surface area (Å²) in [6.07, 6.45) is 2.81. The molecule has 0 saturated carbocycles. The standard InChI is InChI=1S/C22H22Cl2F2N4OS/c1-12(29)14(11-28)7-13(10-27)3-4-16-18(25)5-6-19(21(16)26)30-32-20-9-15(23)8-17(24)22(20)31-2/h5-10,12,30H,11,27-29H2,1-2H3/b13-10-,14-7-. The molecule has 0 bridgehead atoms. The van der Waals surface area contributed by atoms with Crippen molar-refractivity contribution in [3.05, 3.63) is 74.9 Å². The molecule has 0 aliphatic heterocycles. The fourth-order valence-electron chi connectivity index (χ4n) is 2.50. The zero-order valence-corrected chi connectivity index (χ0v) is 19.6. The van der Waals surface area contributed by atoms with E-state index in [9.17, 15) is 8.78 Å². The molecule has 0 amide bonds. The number of methoxy groups -OCH3 is 1. The number of rotatable bonds is 7. The lowest BCUT2D eigenvalue weighted by atomic mass is 10.1. The smallest absolute Gasteiger partial charge is 0.165 e. The van der Waals surface area contributed by atoms with Crippen molar-refractivity contribution in [2.24, 2.45) is 17.2 Å². The molecule has 0 heterocycles. The third-order valence-corrected chi connectivity index (χ3v) is 5.56. The van der Waals surface area contributed by atoms with Crippen molar-refractivity contribution in [1.29, 1.82) is 0 Å². The van der Waals surface area contributed by atoms with Crippen LogP contribution in [0.25, 0.3) is 0 Å². The number of allylic oxidation sites excluding steroid dienone is 2. The van der Waals surface area contributed by atoms with Gasteiger partial charge < -0.3 is 26.7 Å². The van der Waals surface area contributed by atoms with Crippen molar-refractivity contribution in [3.8, 4) is 17.6 Å². The fourth-order valence-corrected chi connectivity index (χ4v) is 4.04. The van der Waals surface area contributed by atoms with Crippen molar-refractivity contribution in [2.75, 3.05) is 18.4 Å². The second kappa shape index (κ2) is 12.0. The molecule has 5 nitrogen and oxygen atoms in total. The van der Waals surface area contributed by atoms with Gasteiger partial charge in [0.2, 0.25) is 0 Å². The molecular formula is C22H22Cl2F2N4OS. The summed E-state index contributed by atoms with van der Waals surface area (Å²) in [5.74, 6) is 3.82. The maximum atomic E-state index is 15.0. The van der Waals surface area contributed by atoms with Gasteiger partial charge in [0.05, 0.1) is 28.3 Å². The van der Waals surface area contributed by atoms with Crippen LogP contribution in [0.2, 0.25) is 10.0 Å². The van der Waals surface area contributed by atoms with Gasteiger partial charge in [0, 0.05) is 29.4 Å². The number of hydrogen-bond donors (Lipinski definition) is 4. The van der Waals surface area contributed by atoms with E-state index in [0.29, 0.717) is 31.8 Å². The molecule has 0 aliphatic carbocycles. The number of benzene rings is 2. The van der Waals surface area contributed by atoms with Gasteiger partial charge in [-0.15, -0.1) is 0 Å². The van der Waals surface area contributed by atoms with Crippen molar-refractivity contribution < 1.29 is 13.5 Å². The van der Waals surface area contributed by atoms with E-state index in [4.69, 9.17) is 45.1 Å². The maximum absolute atomic E-state index is 15.0. The summed E-state index contributed by atoms with van der Waals surface area (Å²) in [5.41, 5.74) is 17.7. The summed E-state index contributed by atoms with van der Waals surface area (Å²) in [4.78, 5) is 0.519. The summed E-state index contributed by atoms with van der Waals surface area (Å²) in [6, 6.07) is 5.17. The Balaban J connectivity index is 2.35. The van der Waals surface area contributed by atoms with E-state index in [-0.39, 0.29) is 18.3 Å². The van der Waals surface area contributed by atoms with E-state index < -0.39 is 17.2 Å². The van der Waals surface area contributed by atoms with Crippen molar-refractivity contribution in [3.63, 3.8) is 0 Å². The molecule has 0 fully saturated rings. The molecule has 1 atom stereocenters. The Kier molecular flexibility index (Phi) is 9.69. The molecule has 32 heavy (non-hydrogen) atoms. The minimum Gasteiger partial charge on any atom is -0.494 e. The molecule has 0 radical (unpaired) electrons. The van der Waals surface area contributed by atoms with Crippen LogP contribution in [0.15, 0.2) is 52.6 Å². The van der Waals surface area contributed by atoms with Gasteiger partial charge in [-0.1, -0.05) is 35.0 Å². The number of nitrogens with one attached hydrogen (secondary N) is 1. The Hall–Kier alpha value is -2.41. The SMILES string of the molecule is COc1c(Cl)cc(Cl)cc1SNc1ccc(F)c(C#CC(/C=C(/CN)C(C)N)=C/N)c1F. The van der Waals surface area contributed by atoms with E-state index in [1.807, 2.05) is 0 Å². The fraction of sp³-hybridized carbons (Fsp3) is 0.182. The number of halogens is 4. The first kappa shape index (κ1) is 25.8. The van der Waals surface area contributed by atoms with Crippen molar-refractivity contribution in [2.45, 2.75) is 17.9 Å². The summed E-state index contributed by atoms with van der Waals surface area (Å²) in [5, 5.41) is 0.678. The highest BCUT2D eigenvalue weighted by Gasteiger charge is 2.15. The van der Waals surface area contributed by atoms with Crippen LogP contribution in [-0.4, -0.2) is 19.7 Å². The predicted molar refractivity (Wildman–Crippen MR) is 129 cm³/mol. The Morgan fingerprint density at radius 1 is 1.31 bits per heavy atom. The Morgan fingerprint density at radius 3 is 2.62 bits per heavy atom. The highest BCUT2D eigenvalue weighted by atomic mass is 35.5. The van der Waals surface area contributed by atoms with Crippen LogP contribution in [0.1, 0.15) is 12.5 Å². The van der Waals surface area contributed by atoms with Crippen LogP contribution in [-0.2, 0) is 0 Å². The largest absolute Gasteiger partial charge is 0.494 e. The molecular weight excluding hydrogens is 477 g/mol. The van der Waals surface area contributed by atoms with E-state index in [0.717, 1.165) is 18.0 Å². The maximum Gasteiger partial charge on any atom is 0.165 e. The number of ether oxygens (including phenoxy) is 1. The number of hydrogen-bond acceptors (Lipinski definition) is 6. The highest BCUT2D eigenvalue weighted by molar-refractivity contribution is 8.00. The average Bonchev–Trinajstić information content (AvgIpc) is 2.74. The summed E-state index contributed by atoms with van der Waals surface area (Å²) in [6.45, 7) is 1.96. The molecule has 10 heteroatoms. The number of anilines is 1. The van der Waals surface area contributed by atoms with E-state index in [1.165, 1.54) is 25.4 Å². The van der Waals surface area contributed by atoms with E-state index in [1.54, 1.807) is 19.1 Å². The lowest BCUT2D eigenvalue weighted by Gasteiger charge is -2.12. The molecule has 0 aromatic heterocycles. The zero-order chi connectivity index (χ0) is 23.8. The quantitative estimate of drug-likeness (QED) is 0.248. The van der Waals surface area contributed by atoms with Gasteiger partial charge in [-0.05, 0) is 54.8 Å². The zero-order valence-electron chi connectivity index (χ0n) is 17.3. The lowest BCUT2D eigenvalue weighted by molar-refractivity contribution is 0.405. The van der Waals surface area contributed by atoms with Crippen LogP contribution < -0.4 is 26.7 Å². The molecule has 0 spiro atoms. The van der Waals surface area contributed by atoms with E-state index in [2.05, 4.69) is 16.6 Å². The van der Waals surface area contributed by atoms with Gasteiger partial charge in [0.1, 0.15) is 5.82 Å². The summed E-state index contributed by atoms with van der Waals surface area (Å²) < 4.78 is 37.3. The van der Waals surface area contributed by atoms with Crippen molar-refractivity contribution in [1.82, 2.24) is 0 Å². The van der Waals surface area contributed by atoms with Crippen LogP contribution >= 0.6 is 35.1 Å². The third-order valence-electron chi connectivity index (χ3n) is 4.21. The van der Waals surface area contributed by atoms with Crippen LogP contribution in [0.5, 0.6) is 5.75 Å². The molecule has 0 saturated heterocycles. The first-order chi connectivity index (χ1) is 15.2. The van der Waals surface area contributed by atoms with Gasteiger partial charge >= 0.3 is 0 Å². The predicted octanol–water partition coefficient (Wildman–Crippen LogP) is 4.83. The third kappa shape index (κ3) is 6.55. The van der Waals surface area contributed by atoms with Crippen molar-refractivity contribution >= 4 is 40.8 Å². The van der Waals surface area contributed by atoms with E-state index >= 15 is 0 Å². The molecule has 2 aromatic carbocycles. The minimum atomic E-state index is -0.872. The normalized spacial score (nSPS) is 12.8. The Labute approximate surface area is 200 Å². The second-order valence-electron chi connectivity index (χ2n) is 6.49. The highest BCUT2D eigenvalue weighted by Crippen LogP contribution is 2.39. The van der Waals surface area contributed by atoms with Gasteiger partial charge in [0.15, 0.2) is 11.6 Å². The molecule has 170 valence electrons. The van der Waals surface area contributed by atoms with Crippen LogP contribution in [0.3, 0.4) is 0 Å². The molecule has 7 N–H and O–H groups in total. The molecule has 0 aliphatic rings. The van der Waals surface area contributed by atoms with Crippen LogP contribution in [0.4, 0.5) is 14.5 Å². The minimum absolute atomic E-state index is 0.00546. The molecule has 2 rings (SSSR count). The first-order valence-corrected chi connectivity index (χ1v) is 10.8. The van der Waals surface area contributed by atoms with Gasteiger partial charge in [0.25, 0.3) is 0 Å². The monoisotopic (exact) mass is 498 g/mol. The topological polar surface area (TPSA) is 99.3 Å². The molecule has 1 unspecified atom stereocenters. The summed E-state index contributed by atoms with van der Waals surface area (Å²) >= 11 is 13.1. The molecule has 2 aromatic rings. The van der Waals surface area contributed by atoms with Gasteiger partial charge in [-0.25, -0.2) is 8.78 Å². The summed E-state index contributed by atoms with van der Waals surface area (Å²) in [7, 11) is 1.45.